The Labute approximate surface area is 133 Å². The van der Waals surface area contributed by atoms with Crippen molar-refractivity contribution >= 4 is 29.1 Å². The van der Waals surface area contributed by atoms with Crippen LogP contribution >= 0.6 is 23.2 Å². The van der Waals surface area contributed by atoms with E-state index in [1.54, 1.807) is 28.6 Å². The topological polar surface area (TPSA) is 64.7 Å². The molecule has 2 aromatic rings. The minimum Gasteiger partial charge on any atom is -0.351 e. The predicted octanol–water partition coefficient (Wildman–Crippen LogP) is 2.53. The van der Waals surface area contributed by atoms with Gasteiger partial charge in [0.2, 0.25) is 0 Å². The molecule has 6 nitrogen and oxygen atoms in total. The van der Waals surface area contributed by atoms with Gasteiger partial charge < -0.3 is 5.32 Å². The second-order valence-corrected chi connectivity index (χ2v) is 5.29. The molecule has 0 saturated heterocycles. The number of hydrogen-bond acceptors (Lipinski definition) is 3. The first-order valence-corrected chi connectivity index (χ1v) is 7.48. The van der Waals surface area contributed by atoms with Crippen molar-refractivity contribution in [2.45, 2.75) is 33.4 Å². The van der Waals surface area contributed by atoms with Crippen LogP contribution in [-0.2, 0) is 13.1 Å². The van der Waals surface area contributed by atoms with E-state index in [1.807, 2.05) is 6.92 Å². The van der Waals surface area contributed by atoms with Crippen LogP contribution in [0.3, 0.4) is 0 Å². The molecule has 0 aromatic carbocycles. The number of carbonyl (C=O) groups excluding carboxylic acids is 1. The summed E-state index contributed by atoms with van der Waals surface area (Å²) in [4.78, 5) is 12.0. The van der Waals surface area contributed by atoms with Crippen molar-refractivity contribution in [3.8, 4) is 0 Å². The maximum Gasteiger partial charge on any atom is 0.269 e. The average molecular weight is 330 g/mol. The SMILES string of the molecule is CCn1nccc1C(=O)NCCCn1nc(C)c(Cl)c1Cl. The molecule has 2 heterocycles. The summed E-state index contributed by atoms with van der Waals surface area (Å²) in [6.45, 7) is 5.53. The van der Waals surface area contributed by atoms with E-state index in [1.165, 1.54) is 0 Å². The first-order valence-electron chi connectivity index (χ1n) is 6.73. The third-order valence-electron chi connectivity index (χ3n) is 3.08. The normalized spacial score (nSPS) is 10.9. The lowest BCUT2D eigenvalue weighted by atomic mass is 10.3. The number of aryl methyl sites for hydroxylation is 3. The standard InChI is InChI=1S/C13H17Cl2N5O/c1-3-19-10(5-7-17-19)13(21)16-6-4-8-20-12(15)11(14)9(2)18-20/h5,7H,3-4,6,8H2,1-2H3,(H,16,21). The molecule has 0 unspecified atom stereocenters. The monoisotopic (exact) mass is 329 g/mol. The highest BCUT2D eigenvalue weighted by molar-refractivity contribution is 6.41. The maximum atomic E-state index is 12.0. The van der Waals surface area contributed by atoms with Crippen LogP contribution < -0.4 is 5.32 Å². The minimum atomic E-state index is -0.130. The van der Waals surface area contributed by atoms with Crippen LogP contribution in [0, 0.1) is 6.92 Å². The Hall–Kier alpha value is -1.53. The van der Waals surface area contributed by atoms with E-state index >= 15 is 0 Å². The molecule has 2 rings (SSSR count). The summed E-state index contributed by atoms with van der Waals surface area (Å²) in [6, 6.07) is 1.70. The van der Waals surface area contributed by atoms with E-state index in [9.17, 15) is 4.79 Å². The molecule has 21 heavy (non-hydrogen) atoms. The molecular formula is C13H17Cl2N5O. The van der Waals surface area contributed by atoms with E-state index in [4.69, 9.17) is 23.2 Å². The van der Waals surface area contributed by atoms with Crippen LogP contribution in [0.1, 0.15) is 29.5 Å². The maximum absolute atomic E-state index is 12.0. The second kappa shape index (κ2) is 6.95. The summed E-state index contributed by atoms with van der Waals surface area (Å²) < 4.78 is 3.30. The molecule has 0 spiro atoms. The summed E-state index contributed by atoms with van der Waals surface area (Å²) in [5, 5.41) is 12.1. The quantitative estimate of drug-likeness (QED) is 0.828. The van der Waals surface area contributed by atoms with Crippen LogP contribution in [0.2, 0.25) is 10.2 Å². The lowest BCUT2D eigenvalue weighted by Crippen LogP contribution is -2.27. The molecule has 0 saturated carbocycles. The average Bonchev–Trinajstić information content (AvgIpc) is 3.04. The molecule has 1 amide bonds. The van der Waals surface area contributed by atoms with Crippen molar-refractivity contribution in [2.75, 3.05) is 6.54 Å². The Morgan fingerprint density at radius 1 is 1.38 bits per heavy atom. The van der Waals surface area contributed by atoms with Gasteiger partial charge in [-0.05, 0) is 26.3 Å². The van der Waals surface area contributed by atoms with Crippen molar-refractivity contribution in [3.63, 3.8) is 0 Å². The van der Waals surface area contributed by atoms with Crippen LogP contribution in [-0.4, -0.2) is 32.0 Å². The predicted molar refractivity (Wildman–Crippen MR) is 81.8 cm³/mol. The van der Waals surface area contributed by atoms with Crippen LogP contribution in [0.5, 0.6) is 0 Å². The number of carbonyl (C=O) groups is 1. The molecule has 0 fully saturated rings. The number of amides is 1. The number of nitrogens with one attached hydrogen (secondary N) is 1. The zero-order chi connectivity index (χ0) is 15.4. The lowest BCUT2D eigenvalue weighted by Gasteiger charge is -2.07. The zero-order valence-corrected chi connectivity index (χ0v) is 13.4. The molecule has 0 bridgehead atoms. The first kappa shape index (κ1) is 15.9. The first-order chi connectivity index (χ1) is 10.0. The van der Waals surface area contributed by atoms with Crippen LogP contribution in [0.25, 0.3) is 0 Å². The fraction of sp³-hybridized carbons (Fsp3) is 0.462. The third kappa shape index (κ3) is 3.57. The minimum absolute atomic E-state index is 0.130. The van der Waals surface area contributed by atoms with Gasteiger partial charge in [0.15, 0.2) is 0 Å². The molecule has 114 valence electrons. The Morgan fingerprint density at radius 2 is 2.14 bits per heavy atom. The van der Waals surface area contributed by atoms with Gasteiger partial charge in [-0.15, -0.1) is 0 Å². The molecule has 0 atom stereocenters. The van der Waals surface area contributed by atoms with Crippen LogP contribution in [0.4, 0.5) is 0 Å². The molecule has 0 aliphatic rings. The van der Waals surface area contributed by atoms with Crippen molar-refractivity contribution in [2.24, 2.45) is 0 Å². The lowest BCUT2D eigenvalue weighted by molar-refractivity contribution is 0.0942. The van der Waals surface area contributed by atoms with Crippen LogP contribution in [0.15, 0.2) is 12.3 Å². The van der Waals surface area contributed by atoms with Gasteiger partial charge in [0, 0.05) is 25.8 Å². The molecule has 0 radical (unpaired) electrons. The summed E-state index contributed by atoms with van der Waals surface area (Å²) in [5.74, 6) is -0.130. The Balaban J connectivity index is 1.82. The summed E-state index contributed by atoms with van der Waals surface area (Å²) in [5.41, 5.74) is 1.27. The fourth-order valence-electron chi connectivity index (χ4n) is 1.98. The van der Waals surface area contributed by atoms with Gasteiger partial charge >= 0.3 is 0 Å². The van der Waals surface area contributed by atoms with Crippen molar-refractivity contribution in [1.82, 2.24) is 24.9 Å². The largest absolute Gasteiger partial charge is 0.351 e. The van der Waals surface area contributed by atoms with Gasteiger partial charge in [0.05, 0.1) is 5.69 Å². The van der Waals surface area contributed by atoms with Crippen molar-refractivity contribution < 1.29 is 4.79 Å². The van der Waals surface area contributed by atoms with Gasteiger partial charge in [-0.3, -0.25) is 14.2 Å². The molecule has 0 aliphatic heterocycles. The van der Waals surface area contributed by atoms with Gasteiger partial charge in [-0.25, -0.2) is 0 Å². The van der Waals surface area contributed by atoms with E-state index in [2.05, 4.69) is 15.5 Å². The van der Waals surface area contributed by atoms with E-state index in [0.717, 1.165) is 0 Å². The third-order valence-corrected chi connectivity index (χ3v) is 4.01. The molecule has 0 aliphatic carbocycles. The van der Waals surface area contributed by atoms with Gasteiger partial charge in [0.25, 0.3) is 5.91 Å². The Kier molecular flexibility index (Phi) is 5.25. The Bertz CT molecular complexity index is 635. The van der Waals surface area contributed by atoms with Crippen molar-refractivity contribution in [1.29, 1.82) is 0 Å². The number of hydrogen-bond donors (Lipinski definition) is 1. The smallest absolute Gasteiger partial charge is 0.269 e. The highest BCUT2D eigenvalue weighted by Gasteiger charge is 2.12. The molecule has 2 aromatic heterocycles. The molecular weight excluding hydrogens is 313 g/mol. The van der Waals surface area contributed by atoms with E-state index < -0.39 is 0 Å². The molecule has 1 N–H and O–H groups in total. The summed E-state index contributed by atoms with van der Waals surface area (Å²) >= 11 is 12.0. The van der Waals surface area contributed by atoms with Gasteiger partial charge in [-0.1, -0.05) is 23.2 Å². The fourth-order valence-corrected chi connectivity index (χ4v) is 2.37. The van der Waals surface area contributed by atoms with Crippen molar-refractivity contribution in [3.05, 3.63) is 33.8 Å². The number of halogens is 2. The number of nitrogens with zero attached hydrogens (tertiary/aromatic N) is 4. The molecule has 8 heteroatoms. The number of aromatic nitrogens is 4. The van der Waals surface area contributed by atoms with E-state index in [-0.39, 0.29) is 5.91 Å². The highest BCUT2D eigenvalue weighted by Crippen LogP contribution is 2.24. The van der Waals surface area contributed by atoms with Gasteiger partial charge in [0.1, 0.15) is 15.9 Å². The van der Waals surface area contributed by atoms with E-state index in [0.29, 0.717) is 47.6 Å². The summed E-state index contributed by atoms with van der Waals surface area (Å²) in [6.07, 6.45) is 2.33. The zero-order valence-electron chi connectivity index (χ0n) is 11.9. The van der Waals surface area contributed by atoms with Gasteiger partial charge in [-0.2, -0.15) is 10.2 Å². The Morgan fingerprint density at radius 3 is 2.76 bits per heavy atom. The highest BCUT2D eigenvalue weighted by atomic mass is 35.5. The number of rotatable bonds is 6. The summed E-state index contributed by atoms with van der Waals surface area (Å²) in [7, 11) is 0. The second-order valence-electron chi connectivity index (χ2n) is 4.56.